The Morgan fingerprint density at radius 2 is 1.96 bits per heavy atom. The Bertz CT molecular complexity index is 983. The van der Waals surface area contributed by atoms with Crippen LogP contribution in [0.15, 0.2) is 42.7 Å². The third-order valence-corrected chi connectivity index (χ3v) is 4.91. The number of carbonyl (C=O) groups is 2. The summed E-state index contributed by atoms with van der Waals surface area (Å²) < 4.78 is 0. The molecule has 26 heavy (non-hydrogen) atoms. The van der Waals surface area contributed by atoms with Crippen LogP contribution < -0.4 is 0 Å². The van der Waals surface area contributed by atoms with Crippen molar-refractivity contribution in [3.63, 3.8) is 0 Å². The molecule has 2 atom stereocenters. The predicted octanol–water partition coefficient (Wildman–Crippen LogP) is 2.21. The molecule has 0 bridgehead atoms. The number of likely N-dealkylation sites (tertiary alicyclic amines) is 1. The molecule has 7 nitrogen and oxygen atoms in total. The largest absolute Gasteiger partial charge is 0.481 e. The first-order chi connectivity index (χ1) is 12.5. The second-order valence-electron chi connectivity index (χ2n) is 6.60. The van der Waals surface area contributed by atoms with Crippen LogP contribution in [-0.2, 0) is 4.79 Å². The fourth-order valence-corrected chi connectivity index (χ4v) is 3.62. The fourth-order valence-electron chi connectivity index (χ4n) is 3.62. The molecule has 0 saturated carbocycles. The van der Waals surface area contributed by atoms with Crippen molar-refractivity contribution in [3.05, 3.63) is 59.7 Å². The van der Waals surface area contributed by atoms with Gasteiger partial charge in [-0.2, -0.15) is 0 Å². The van der Waals surface area contributed by atoms with E-state index < -0.39 is 11.9 Å². The zero-order valence-corrected chi connectivity index (χ0v) is 14.2. The van der Waals surface area contributed by atoms with Crippen molar-refractivity contribution in [3.8, 4) is 0 Å². The van der Waals surface area contributed by atoms with Crippen LogP contribution in [0.1, 0.15) is 27.7 Å². The first-order valence-electron chi connectivity index (χ1n) is 8.41. The van der Waals surface area contributed by atoms with Gasteiger partial charge in [0.2, 0.25) is 0 Å². The molecule has 2 aromatic heterocycles. The van der Waals surface area contributed by atoms with Gasteiger partial charge in [-0.25, -0.2) is 4.98 Å². The molecule has 2 N–H and O–H groups in total. The van der Waals surface area contributed by atoms with E-state index in [1.807, 2.05) is 19.1 Å². The third-order valence-electron chi connectivity index (χ3n) is 4.91. The standard InChI is InChI=1S/C19H18N4O3/c1-11-21-16-3-2-13(8-17(16)22-11)18(24)23-9-14(15(10-23)19(25)26)12-4-6-20-7-5-12/h2-8,14-15H,9-10H2,1H3,(H,21,22)(H,25,26)/t14-,15+/m0/s1. The van der Waals surface area contributed by atoms with Crippen molar-refractivity contribution < 1.29 is 14.7 Å². The second-order valence-corrected chi connectivity index (χ2v) is 6.60. The summed E-state index contributed by atoms with van der Waals surface area (Å²) in [6.45, 7) is 2.43. The maximum Gasteiger partial charge on any atom is 0.308 e. The van der Waals surface area contributed by atoms with Crippen molar-refractivity contribution in [2.75, 3.05) is 13.1 Å². The first kappa shape index (κ1) is 16.3. The van der Waals surface area contributed by atoms with Gasteiger partial charge in [0, 0.05) is 37.0 Å². The number of amides is 1. The third kappa shape index (κ3) is 2.81. The molecule has 7 heteroatoms. The van der Waals surface area contributed by atoms with E-state index in [0.29, 0.717) is 12.1 Å². The molecule has 1 saturated heterocycles. The van der Waals surface area contributed by atoms with Crippen LogP contribution in [0.2, 0.25) is 0 Å². The number of nitrogens with zero attached hydrogens (tertiary/aromatic N) is 3. The number of aromatic amines is 1. The number of rotatable bonds is 3. The molecular weight excluding hydrogens is 332 g/mol. The van der Waals surface area contributed by atoms with E-state index in [4.69, 9.17) is 0 Å². The normalized spacial score (nSPS) is 19.8. The van der Waals surface area contributed by atoms with Gasteiger partial charge in [0.05, 0.1) is 17.0 Å². The zero-order chi connectivity index (χ0) is 18.3. The summed E-state index contributed by atoms with van der Waals surface area (Å²) in [7, 11) is 0. The number of H-pyrrole nitrogens is 1. The zero-order valence-electron chi connectivity index (χ0n) is 14.2. The number of aryl methyl sites for hydroxylation is 1. The fraction of sp³-hybridized carbons (Fsp3) is 0.263. The lowest BCUT2D eigenvalue weighted by Crippen LogP contribution is -2.29. The molecule has 1 fully saturated rings. The van der Waals surface area contributed by atoms with Crippen LogP contribution in [0.4, 0.5) is 0 Å². The average molecular weight is 350 g/mol. The number of imidazole rings is 1. The number of carbonyl (C=O) groups excluding carboxylic acids is 1. The molecule has 1 amide bonds. The number of hydrogen-bond donors (Lipinski definition) is 2. The minimum Gasteiger partial charge on any atom is -0.481 e. The van der Waals surface area contributed by atoms with Crippen molar-refractivity contribution in [2.45, 2.75) is 12.8 Å². The molecule has 1 aromatic carbocycles. The summed E-state index contributed by atoms with van der Waals surface area (Å²) in [5.74, 6) is -1.13. The summed E-state index contributed by atoms with van der Waals surface area (Å²) in [4.78, 5) is 37.7. The lowest BCUT2D eigenvalue weighted by Gasteiger charge is -2.16. The number of carboxylic acid groups (broad SMARTS) is 1. The Balaban J connectivity index is 1.62. The van der Waals surface area contributed by atoms with Gasteiger partial charge in [0.1, 0.15) is 5.82 Å². The van der Waals surface area contributed by atoms with Crippen LogP contribution in [0.5, 0.6) is 0 Å². The van der Waals surface area contributed by atoms with Crippen LogP contribution in [0.3, 0.4) is 0 Å². The van der Waals surface area contributed by atoms with Gasteiger partial charge < -0.3 is 15.0 Å². The number of carboxylic acids is 1. The Morgan fingerprint density at radius 3 is 2.69 bits per heavy atom. The Hall–Kier alpha value is -3.22. The summed E-state index contributed by atoms with van der Waals surface area (Å²) in [5.41, 5.74) is 3.02. The van der Waals surface area contributed by atoms with Crippen molar-refractivity contribution >= 4 is 22.9 Å². The molecule has 4 rings (SSSR count). The van der Waals surface area contributed by atoms with E-state index in [1.165, 1.54) is 0 Å². The molecule has 3 aromatic rings. The molecule has 0 radical (unpaired) electrons. The lowest BCUT2D eigenvalue weighted by atomic mass is 9.90. The maximum absolute atomic E-state index is 12.9. The predicted molar refractivity (Wildman–Crippen MR) is 94.8 cm³/mol. The molecule has 0 unspecified atom stereocenters. The van der Waals surface area contributed by atoms with Gasteiger partial charge in [0.15, 0.2) is 0 Å². The Labute approximate surface area is 149 Å². The van der Waals surface area contributed by atoms with Gasteiger partial charge in [-0.15, -0.1) is 0 Å². The highest BCUT2D eigenvalue weighted by Gasteiger charge is 2.40. The number of nitrogens with one attached hydrogen (secondary N) is 1. The molecule has 1 aliphatic heterocycles. The highest BCUT2D eigenvalue weighted by molar-refractivity contribution is 5.98. The van der Waals surface area contributed by atoms with Gasteiger partial charge >= 0.3 is 5.97 Å². The summed E-state index contributed by atoms with van der Waals surface area (Å²) in [6, 6.07) is 8.94. The van der Waals surface area contributed by atoms with Crippen LogP contribution in [0.25, 0.3) is 11.0 Å². The summed E-state index contributed by atoms with van der Waals surface area (Å²) in [5, 5.41) is 9.59. The Kier molecular flexibility index (Phi) is 3.91. The summed E-state index contributed by atoms with van der Waals surface area (Å²) in [6.07, 6.45) is 3.29. The van der Waals surface area contributed by atoms with E-state index in [2.05, 4.69) is 15.0 Å². The van der Waals surface area contributed by atoms with Crippen molar-refractivity contribution in [1.82, 2.24) is 19.9 Å². The van der Waals surface area contributed by atoms with Gasteiger partial charge in [-0.3, -0.25) is 14.6 Å². The SMILES string of the molecule is Cc1nc2ccc(C(=O)N3C[C@@H](C(=O)O)[C@H](c4ccncc4)C3)cc2[nH]1. The maximum atomic E-state index is 12.9. The van der Waals surface area contributed by atoms with Crippen molar-refractivity contribution in [1.29, 1.82) is 0 Å². The minimum absolute atomic E-state index is 0.165. The number of pyridine rings is 1. The molecular formula is C19H18N4O3. The number of fused-ring (bicyclic) bond motifs is 1. The van der Waals surface area contributed by atoms with Gasteiger partial charge in [0.25, 0.3) is 5.91 Å². The van der Waals surface area contributed by atoms with E-state index in [-0.39, 0.29) is 18.4 Å². The highest BCUT2D eigenvalue weighted by atomic mass is 16.4. The van der Waals surface area contributed by atoms with Gasteiger partial charge in [-0.05, 0) is 42.8 Å². The van der Waals surface area contributed by atoms with E-state index in [0.717, 1.165) is 22.4 Å². The lowest BCUT2D eigenvalue weighted by molar-refractivity contribution is -0.141. The van der Waals surface area contributed by atoms with Crippen LogP contribution in [-0.4, -0.2) is 49.9 Å². The smallest absolute Gasteiger partial charge is 0.308 e. The monoisotopic (exact) mass is 350 g/mol. The molecule has 1 aliphatic rings. The van der Waals surface area contributed by atoms with E-state index >= 15 is 0 Å². The number of benzene rings is 1. The van der Waals surface area contributed by atoms with Crippen LogP contribution >= 0.6 is 0 Å². The first-order valence-corrected chi connectivity index (χ1v) is 8.41. The van der Waals surface area contributed by atoms with Gasteiger partial charge in [-0.1, -0.05) is 0 Å². The molecule has 3 heterocycles. The molecule has 0 aliphatic carbocycles. The number of aromatic nitrogens is 3. The van der Waals surface area contributed by atoms with E-state index in [1.54, 1.807) is 35.5 Å². The molecule has 0 spiro atoms. The topological polar surface area (TPSA) is 99.2 Å². The minimum atomic E-state index is -0.887. The van der Waals surface area contributed by atoms with E-state index in [9.17, 15) is 14.7 Å². The van der Waals surface area contributed by atoms with Crippen LogP contribution in [0, 0.1) is 12.8 Å². The number of hydrogen-bond acceptors (Lipinski definition) is 4. The highest BCUT2D eigenvalue weighted by Crippen LogP contribution is 2.33. The molecule has 132 valence electrons. The second kappa shape index (κ2) is 6.25. The quantitative estimate of drug-likeness (QED) is 0.754. The summed E-state index contributed by atoms with van der Waals surface area (Å²) >= 11 is 0. The number of aliphatic carboxylic acids is 1. The van der Waals surface area contributed by atoms with Crippen molar-refractivity contribution in [2.24, 2.45) is 5.92 Å². The Morgan fingerprint density at radius 1 is 1.19 bits per heavy atom. The average Bonchev–Trinajstić information content (AvgIpc) is 3.24.